The Bertz CT molecular complexity index is 420. The van der Waals surface area contributed by atoms with Crippen molar-refractivity contribution in [3.8, 4) is 5.75 Å². The normalized spacial score (nSPS) is 30.2. The van der Waals surface area contributed by atoms with Gasteiger partial charge in [0.2, 0.25) is 0 Å². The summed E-state index contributed by atoms with van der Waals surface area (Å²) in [5, 5.41) is 9.18. The molecule has 4 heteroatoms. The molecule has 1 aromatic rings. The molecule has 4 nitrogen and oxygen atoms in total. The van der Waals surface area contributed by atoms with Crippen LogP contribution in [0.1, 0.15) is 25.7 Å². The van der Waals surface area contributed by atoms with E-state index in [9.17, 15) is 9.90 Å². The van der Waals surface area contributed by atoms with Crippen LogP contribution in [0.5, 0.6) is 5.75 Å². The van der Waals surface area contributed by atoms with E-state index in [1.807, 2.05) is 30.3 Å². The minimum atomic E-state index is -0.777. The Balaban J connectivity index is 1.67. The molecule has 2 heterocycles. The van der Waals surface area contributed by atoms with Crippen LogP contribution in [0, 0.1) is 0 Å². The quantitative estimate of drug-likeness (QED) is 0.874. The average Bonchev–Trinajstić information content (AvgIpc) is 2.63. The molecular formula is C14H17NO3. The van der Waals surface area contributed by atoms with E-state index in [1.165, 1.54) is 0 Å². The zero-order chi connectivity index (χ0) is 12.5. The van der Waals surface area contributed by atoms with E-state index in [0.29, 0.717) is 0 Å². The van der Waals surface area contributed by atoms with Crippen molar-refractivity contribution in [2.24, 2.45) is 0 Å². The first kappa shape index (κ1) is 11.4. The highest BCUT2D eigenvalue weighted by Gasteiger charge is 2.44. The minimum absolute atomic E-state index is 0.148. The van der Waals surface area contributed by atoms with E-state index < -0.39 is 6.09 Å². The van der Waals surface area contributed by atoms with Crippen LogP contribution in [-0.4, -0.2) is 34.3 Å². The zero-order valence-corrected chi connectivity index (χ0v) is 10.2. The fraction of sp³-hybridized carbons (Fsp3) is 0.500. The molecule has 0 radical (unpaired) electrons. The molecule has 2 bridgehead atoms. The van der Waals surface area contributed by atoms with Crippen molar-refractivity contribution in [1.29, 1.82) is 0 Å². The predicted octanol–water partition coefficient (Wildman–Crippen LogP) is 2.74. The Morgan fingerprint density at radius 3 is 2.33 bits per heavy atom. The van der Waals surface area contributed by atoms with Crippen LogP contribution < -0.4 is 4.74 Å². The number of benzene rings is 1. The third-order valence-corrected chi connectivity index (χ3v) is 3.96. The van der Waals surface area contributed by atoms with Gasteiger partial charge in [0.1, 0.15) is 11.9 Å². The van der Waals surface area contributed by atoms with Gasteiger partial charge in [-0.2, -0.15) is 0 Å². The van der Waals surface area contributed by atoms with Gasteiger partial charge in [0, 0.05) is 24.9 Å². The van der Waals surface area contributed by atoms with Gasteiger partial charge >= 0.3 is 6.09 Å². The molecule has 3 rings (SSSR count). The maximum absolute atomic E-state index is 11.2. The maximum Gasteiger partial charge on any atom is 0.407 e. The van der Waals surface area contributed by atoms with Gasteiger partial charge in [0.25, 0.3) is 0 Å². The molecule has 2 aliphatic heterocycles. The molecule has 1 N–H and O–H groups in total. The molecular weight excluding hydrogens is 230 g/mol. The van der Waals surface area contributed by atoms with Crippen molar-refractivity contribution < 1.29 is 14.6 Å². The lowest BCUT2D eigenvalue weighted by molar-refractivity contribution is 0.0496. The Morgan fingerprint density at radius 2 is 1.78 bits per heavy atom. The van der Waals surface area contributed by atoms with Crippen LogP contribution in [-0.2, 0) is 0 Å². The zero-order valence-electron chi connectivity index (χ0n) is 10.2. The molecule has 18 heavy (non-hydrogen) atoms. The van der Waals surface area contributed by atoms with Crippen LogP contribution in [0.3, 0.4) is 0 Å². The van der Waals surface area contributed by atoms with Crippen molar-refractivity contribution in [3.63, 3.8) is 0 Å². The largest absolute Gasteiger partial charge is 0.490 e. The van der Waals surface area contributed by atoms with Gasteiger partial charge in [-0.15, -0.1) is 0 Å². The van der Waals surface area contributed by atoms with Crippen LogP contribution in [0.4, 0.5) is 4.79 Å². The maximum atomic E-state index is 11.2. The fourth-order valence-corrected chi connectivity index (χ4v) is 3.23. The number of nitrogens with zero attached hydrogens (tertiary/aromatic N) is 1. The summed E-state index contributed by atoms with van der Waals surface area (Å²) in [5.74, 6) is 0.880. The lowest BCUT2D eigenvalue weighted by Gasteiger charge is -2.37. The van der Waals surface area contributed by atoms with Crippen molar-refractivity contribution in [2.75, 3.05) is 0 Å². The van der Waals surface area contributed by atoms with Gasteiger partial charge in [-0.25, -0.2) is 4.79 Å². The van der Waals surface area contributed by atoms with Crippen molar-refractivity contribution in [1.82, 2.24) is 4.90 Å². The summed E-state index contributed by atoms with van der Waals surface area (Å²) in [4.78, 5) is 12.8. The summed E-state index contributed by atoms with van der Waals surface area (Å²) < 4.78 is 5.94. The van der Waals surface area contributed by atoms with Crippen molar-refractivity contribution in [2.45, 2.75) is 43.9 Å². The summed E-state index contributed by atoms with van der Waals surface area (Å²) >= 11 is 0. The number of ether oxygens (including phenoxy) is 1. The first-order valence-corrected chi connectivity index (χ1v) is 6.47. The number of carbonyl (C=O) groups is 1. The predicted molar refractivity (Wildman–Crippen MR) is 66.8 cm³/mol. The van der Waals surface area contributed by atoms with E-state index in [-0.39, 0.29) is 18.2 Å². The molecule has 1 aromatic carbocycles. The Labute approximate surface area is 106 Å². The number of piperidine rings is 1. The SMILES string of the molecule is O=C(O)N1[C@@H]2CC[C@H]1C[C@@H](Oc1ccccc1)C2. The molecule has 0 saturated carbocycles. The number of fused-ring (bicyclic) bond motifs is 2. The number of rotatable bonds is 2. The third kappa shape index (κ3) is 2.03. The smallest absolute Gasteiger partial charge is 0.407 e. The van der Waals surface area contributed by atoms with Crippen LogP contribution in [0.15, 0.2) is 30.3 Å². The van der Waals surface area contributed by atoms with Crippen LogP contribution >= 0.6 is 0 Å². The van der Waals surface area contributed by atoms with Gasteiger partial charge in [0.15, 0.2) is 0 Å². The lowest BCUT2D eigenvalue weighted by Crippen LogP contribution is -2.48. The summed E-state index contributed by atoms with van der Waals surface area (Å²) in [6.45, 7) is 0. The summed E-state index contributed by atoms with van der Waals surface area (Å²) in [7, 11) is 0. The molecule has 0 aliphatic carbocycles. The Kier molecular flexibility index (Phi) is 2.86. The first-order chi connectivity index (χ1) is 8.74. The number of amides is 1. The number of carboxylic acid groups (broad SMARTS) is 1. The lowest BCUT2D eigenvalue weighted by atomic mass is 10.0. The van der Waals surface area contributed by atoms with E-state index in [0.717, 1.165) is 31.4 Å². The second-order valence-corrected chi connectivity index (χ2v) is 5.10. The van der Waals surface area contributed by atoms with Gasteiger partial charge in [-0.05, 0) is 25.0 Å². The standard InChI is InChI=1S/C14H17NO3/c16-14(17)15-10-6-7-11(15)9-13(8-10)18-12-4-2-1-3-5-12/h1-5,10-11,13H,6-9H2,(H,16,17)/t10-,11+,13+. The molecule has 2 fully saturated rings. The summed E-state index contributed by atoms with van der Waals surface area (Å²) in [6.07, 6.45) is 2.97. The molecule has 0 spiro atoms. The monoisotopic (exact) mass is 247 g/mol. The molecule has 2 saturated heterocycles. The minimum Gasteiger partial charge on any atom is -0.490 e. The molecule has 0 aromatic heterocycles. The highest BCUT2D eigenvalue weighted by molar-refractivity contribution is 5.66. The van der Waals surface area contributed by atoms with Gasteiger partial charge in [0.05, 0.1) is 0 Å². The van der Waals surface area contributed by atoms with Gasteiger partial charge in [-0.3, -0.25) is 0 Å². The highest BCUT2D eigenvalue weighted by Crippen LogP contribution is 2.37. The van der Waals surface area contributed by atoms with Gasteiger partial charge < -0.3 is 14.7 Å². The summed E-state index contributed by atoms with van der Waals surface area (Å²) in [6, 6.07) is 10.1. The molecule has 1 amide bonds. The first-order valence-electron chi connectivity index (χ1n) is 6.47. The van der Waals surface area contributed by atoms with Crippen molar-refractivity contribution in [3.05, 3.63) is 30.3 Å². The second kappa shape index (κ2) is 4.52. The number of hydrogen-bond donors (Lipinski definition) is 1. The molecule has 2 aliphatic rings. The van der Waals surface area contributed by atoms with E-state index in [2.05, 4.69) is 0 Å². The number of hydrogen-bond acceptors (Lipinski definition) is 2. The highest BCUT2D eigenvalue weighted by atomic mass is 16.5. The Hall–Kier alpha value is -1.71. The molecule has 96 valence electrons. The van der Waals surface area contributed by atoms with Crippen LogP contribution in [0.25, 0.3) is 0 Å². The number of para-hydroxylation sites is 1. The summed E-state index contributed by atoms with van der Waals surface area (Å²) in [5.41, 5.74) is 0. The van der Waals surface area contributed by atoms with E-state index >= 15 is 0 Å². The molecule has 3 atom stereocenters. The van der Waals surface area contributed by atoms with Crippen LogP contribution in [0.2, 0.25) is 0 Å². The second-order valence-electron chi connectivity index (χ2n) is 5.10. The van der Waals surface area contributed by atoms with Gasteiger partial charge in [-0.1, -0.05) is 18.2 Å². The molecule has 0 unspecified atom stereocenters. The van der Waals surface area contributed by atoms with E-state index in [4.69, 9.17) is 4.74 Å². The van der Waals surface area contributed by atoms with E-state index in [1.54, 1.807) is 4.90 Å². The third-order valence-electron chi connectivity index (χ3n) is 3.96. The Morgan fingerprint density at radius 1 is 1.17 bits per heavy atom. The topological polar surface area (TPSA) is 49.8 Å². The fourth-order valence-electron chi connectivity index (χ4n) is 3.23. The van der Waals surface area contributed by atoms with Crippen molar-refractivity contribution >= 4 is 6.09 Å². The average molecular weight is 247 g/mol.